The molecule has 1 N–H and O–H groups in total. The van der Waals surface area contributed by atoms with Crippen LogP contribution in [-0.4, -0.2) is 20.2 Å². The van der Waals surface area contributed by atoms with Gasteiger partial charge in [-0.2, -0.15) is 0 Å². The molecular weight excluding hydrogens is 289 g/mol. The van der Waals surface area contributed by atoms with Crippen LogP contribution in [0.4, 0.5) is 0 Å². The molecule has 1 aliphatic rings. The van der Waals surface area contributed by atoms with Gasteiger partial charge < -0.3 is 10.1 Å². The summed E-state index contributed by atoms with van der Waals surface area (Å²) in [6.07, 6.45) is 2.41. The maximum atomic E-state index is 6.28. The average Bonchev–Trinajstić information content (AvgIpc) is 2.32. The van der Waals surface area contributed by atoms with Crippen molar-refractivity contribution < 1.29 is 4.74 Å². The Morgan fingerprint density at radius 2 is 2.31 bits per heavy atom. The lowest BCUT2D eigenvalue weighted by Crippen LogP contribution is -2.28. The second kappa shape index (κ2) is 5.39. The van der Waals surface area contributed by atoms with E-state index in [4.69, 9.17) is 16.3 Å². The molecule has 1 atom stereocenters. The molecule has 1 aromatic carbocycles. The molecule has 1 aromatic rings. The van der Waals surface area contributed by atoms with Crippen LogP contribution in [0.15, 0.2) is 16.6 Å². The Labute approximate surface area is 109 Å². The van der Waals surface area contributed by atoms with Gasteiger partial charge in [-0.1, -0.05) is 11.6 Å². The number of halogens is 2. The van der Waals surface area contributed by atoms with Crippen molar-refractivity contribution in [2.45, 2.75) is 18.8 Å². The predicted molar refractivity (Wildman–Crippen MR) is 70.5 cm³/mol. The Morgan fingerprint density at radius 1 is 1.50 bits per heavy atom. The molecule has 0 aromatic heterocycles. The summed E-state index contributed by atoms with van der Waals surface area (Å²) in [6.45, 7) is 2.13. The first-order chi connectivity index (χ1) is 7.72. The van der Waals surface area contributed by atoms with Crippen molar-refractivity contribution >= 4 is 27.5 Å². The minimum atomic E-state index is 0.517. The summed E-state index contributed by atoms with van der Waals surface area (Å²) in [5, 5.41) is 4.20. The monoisotopic (exact) mass is 303 g/mol. The van der Waals surface area contributed by atoms with Crippen molar-refractivity contribution in [2.24, 2.45) is 0 Å². The van der Waals surface area contributed by atoms with E-state index in [0.29, 0.717) is 5.92 Å². The number of benzene rings is 1. The summed E-state index contributed by atoms with van der Waals surface area (Å²) >= 11 is 9.79. The third-order valence-corrected chi connectivity index (χ3v) is 3.95. The molecule has 1 aliphatic heterocycles. The zero-order chi connectivity index (χ0) is 11.5. The van der Waals surface area contributed by atoms with E-state index < -0.39 is 0 Å². The first kappa shape index (κ1) is 12.2. The van der Waals surface area contributed by atoms with Gasteiger partial charge in [0.25, 0.3) is 0 Å². The van der Waals surface area contributed by atoms with Crippen molar-refractivity contribution in [3.05, 3.63) is 27.2 Å². The third kappa shape index (κ3) is 2.53. The van der Waals surface area contributed by atoms with Crippen molar-refractivity contribution in [3.63, 3.8) is 0 Å². The molecule has 0 aliphatic carbocycles. The van der Waals surface area contributed by atoms with Crippen LogP contribution < -0.4 is 10.1 Å². The number of piperidine rings is 1. The van der Waals surface area contributed by atoms with Crippen LogP contribution in [0.3, 0.4) is 0 Å². The van der Waals surface area contributed by atoms with Crippen molar-refractivity contribution in [1.82, 2.24) is 5.32 Å². The van der Waals surface area contributed by atoms with Gasteiger partial charge in [0.15, 0.2) is 0 Å². The van der Waals surface area contributed by atoms with E-state index in [9.17, 15) is 0 Å². The van der Waals surface area contributed by atoms with Crippen molar-refractivity contribution in [3.8, 4) is 5.75 Å². The highest BCUT2D eigenvalue weighted by Crippen LogP contribution is 2.36. The molecule has 2 rings (SSSR count). The first-order valence-corrected chi connectivity index (χ1v) is 6.63. The predicted octanol–water partition coefficient (Wildman–Crippen LogP) is 3.58. The fraction of sp³-hybridized carbons (Fsp3) is 0.500. The Hall–Kier alpha value is -0.250. The Balaban J connectivity index is 2.29. The van der Waals surface area contributed by atoms with Crippen LogP contribution in [0.5, 0.6) is 5.75 Å². The fourth-order valence-electron chi connectivity index (χ4n) is 2.13. The lowest BCUT2D eigenvalue weighted by molar-refractivity contribution is 0.411. The average molecular weight is 305 g/mol. The standard InChI is InChI=1S/C12H15BrClNO/c1-16-12-6-11(14)9(5-10(12)13)8-3-2-4-15-7-8/h5-6,8,15H,2-4,7H2,1H3. The second-order valence-corrected chi connectivity index (χ2v) is 5.31. The van der Waals surface area contributed by atoms with Crippen LogP contribution in [0.25, 0.3) is 0 Å². The highest BCUT2D eigenvalue weighted by atomic mass is 79.9. The minimum absolute atomic E-state index is 0.517. The van der Waals surface area contributed by atoms with E-state index in [1.165, 1.54) is 18.4 Å². The number of hydrogen-bond acceptors (Lipinski definition) is 2. The number of ether oxygens (including phenoxy) is 1. The van der Waals surface area contributed by atoms with Crippen LogP contribution in [0.2, 0.25) is 5.02 Å². The smallest absolute Gasteiger partial charge is 0.134 e. The van der Waals surface area contributed by atoms with Gasteiger partial charge in [0.05, 0.1) is 11.6 Å². The van der Waals surface area contributed by atoms with E-state index in [2.05, 4.69) is 27.3 Å². The summed E-state index contributed by atoms with van der Waals surface area (Å²) < 4.78 is 6.19. The SMILES string of the molecule is COc1cc(Cl)c(C2CCCNC2)cc1Br. The van der Waals surface area contributed by atoms with E-state index in [1.54, 1.807) is 7.11 Å². The zero-order valence-corrected chi connectivity index (χ0v) is 11.6. The molecule has 88 valence electrons. The molecule has 0 bridgehead atoms. The molecule has 4 heteroatoms. The van der Waals surface area contributed by atoms with Gasteiger partial charge in [-0.05, 0) is 52.9 Å². The molecule has 1 fully saturated rings. The normalized spacial score (nSPS) is 20.8. The molecule has 2 nitrogen and oxygen atoms in total. The maximum Gasteiger partial charge on any atom is 0.134 e. The van der Waals surface area contributed by atoms with Crippen LogP contribution in [-0.2, 0) is 0 Å². The molecule has 1 heterocycles. The van der Waals surface area contributed by atoms with Gasteiger partial charge in [0, 0.05) is 17.6 Å². The lowest BCUT2D eigenvalue weighted by atomic mass is 9.91. The number of rotatable bonds is 2. The molecule has 0 spiro atoms. The summed E-state index contributed by atoms with van der Waals surface area (Å²) in [5.74, 6) is 1.31. The molecule has 1 saturated heterocycles. The van der Waals surface area contributed by atoms with Gasteiger partial charge in [-0.3, -0.25) is 0 Å². The number of hydrogen-bond donors (Lipinski definition) is 1. The van der Waals surface area contributed by atoms with E-state index in [1.807, 2.05) is 6.07 Å². The van der Waals surface area contributed by atoms with Gasteiger partial charge >= 0.3 is 0 Å². The maximum absolute atomic E-state index is 6.28. The van der Waals surface area contributed by atoms with Gasteiger partial charge in [-0.25, -0.2) is 0 Å². The number of methoxy groups -OCH3 is 1. The minimum Gasteiger partial charge on any atom is -0.496 e. The van der Waals surface area contributed by atoms with Crippen LogP contribution >= 0.6 is 27.5 Å². The van der Waals surface area contributed by atoms with Gasteiger partial charge in [0.2, 0.25) is 0 Å². The van der Waals surface area contributed by atoms with Gasteiger partial charge in [0.1, 0.15) is 5.75 Å². The molecular formula is C12H15BrClNO. The fourth-order valence-corrected chi connectivity index (χ4v) is 2.96. The Bertz CT molecular complexity index is 378. The van der Waals surface area contributed by atoms with Crippen LogP contribution in [0, 0.1) is 0 Å². The van der Waals surface area contributed by atoms with E-state index in [0.717, 1.165) is 28.3 Å². The quantitative estimate of drug-likeness (QED) is 0.902. The third-order valence-electron chi connectivity index (χ3n) is 3.01. The lowest BCUT2D eigenvalue weighted by Gasteiger charge is -2.24. The van der Waals surface area contributed by atoms with Crippen LogP contribution in [0.1, 0.15) is 24.3 Å². The van der Waals surface area contributed by atoms with Crippen molar-refractivity contribution in [2.75, 3.05) is 20.2 Å². The first-order valence-electron chi connectivity index (χ1n) is 5.46. The van der Waals surface area contributed by atoms with E-state index >= 15 is 0 Å². The highest BCUT2D eigenvalue weighted by molar-refractivity contribution is 9.10. The van der Waals surface area contributed by atoms with Gasteiger partial charge in [-0.15, -0.1) is 0 Å². The Kier molecular flexibility index (Phi) is 4.11. The molecule has 1 unspecified atom stereocenters. The Morgan fingerprint density at radius 3 is 2.94 bits per heavy atom. The van der Waals surface area contributed by atoms with E-state index in [-0.39, 0.29) is 0 Å². The summed E-state index contributed by atoms with van der Waals surface area (Å²) in [7, 11) is 1.65. The molecule has 16 heavy (non-hydrogen) atoms. The zero-order valence-electron chi connectivity index (χ0n) is 9.22. The second-order valence-electron chi connectivity index (χ2n) is 4.05. The summed E-state index contributed by atoms with van der Waals surface area (Å²) in [5.41, 5.74) is 1.21. The summed E-state index contributed by atoms with van der Waals surface area (Å²) in [4.78, 5) is 0. The number of nitrogens with one attached hydrogen (secondary N) is 1. The molecule has 0 radical (unpaired) electrons. The largest absolute Gasteiger partial charge is 0.496 e. The topological polar surface area (TPSA) is 21.3 Å². The highest BCUT2D eigenvalue weighted by Gasteiger charge is 2.19. The molecule has 0 amide bonds. The van der Waals surface area contributed by atoms with Crippen molar-refractivity contribution in [1.29, 1.82) is 0 Å². The summed E-state index contributed by atoms with van der Waals surface area (Å²) in [6, 6.07) is 3.97. The molecule has 0 saturated carbocycles.